The van der Waals surface area contributed by atoms with Gasteiger partial charge in [-0.3, -0.25) is 4.79 Å². The number of nitrogens with one attached hydrogen (secondary N) is 1. The predicted octanol–water partition coefficient (Wildman–Crippen LogP) is 1.94. The monoisotopic (exact) mass is 324 g/mol. The number of amides is 2. The minimum Gasteiger partial charge on any atom is -0.481 e. The molecule has 2 amide bonds. The lowest BCUT2D eigenvalue weighted by atomic mass is 9.97. The molecule has 0 spiro atoms. The van der Waals surface area contributed by atoms with Crippen LogP contribution in [0.2, 0.25) is 0 Å². The van der Waals surface area contributed by atoms with Crippen molar-refractivity contribution in [3.63, 3.8) is 0 Å². The van der Waals surface area contributed by atoms with E-state index in [1.807, 2.05) is 0 Å². The Morgan fingerprint density at radius 2 is 1.96 bits per heavy atom. The Hall–Kier alpha value is -2.64. The van der Waals surface area contributed by atoms with Crippen LogP contribution in [0.25, 0.3) is 0 Å². The number of urea groups is 1. The van der Waals surface area contributed by atoms with Crippen molar-refractivity contribution in [3.8, 4) is 0 Å². The summed E-state index contributed by atoms with van der Waals surface area (Å²) in [6.45, 7) is 0.567. The van der Waals surface area contributed by atoms with E-state index in [9.17, 15) is 18.8 Å². The number of nitrogens with zero attached hydrogens (tertiary/aromatic N) is 1. The third kappa shape index (κ3) is 3.97. The number of esters is 1. The normalized spacial score (nSPS) is 15.1. The number of carboxylic acid groups (broad SMARTS) is 1. The number of piperidine rings is 1. The van der Waals surface area contributed by atoms with Crippen LogP contribution in [0.15, 0.2) is 18.2 Å². The molecule has 1 aliphatic rings. The maximum Gasteiger partial charge on any atom is 0.339 e. The molecule has 0 aromatic heterocycles. The van der Waals surface area contributed by atoms with E-state index in [1.54, 1.807) is 0 Å². The Morgan fingerprint density at radius 3 is 2.52 bits per heavy atom. The highest BCUT2D eigenvalue weighted by atomic mass is 19.1. The van der Waals surface area contributed by atoms with Crippen LogP contribution in [0.5, 0.6) is 0 Å². The summed E-state index contributed by atoms with van der Waals surface area (Å²) in [6.07, 6.45) is 0.714. The number of ether oxygens (including phenoxy) is 1. The van der Waals surface area contributed by atoms with Crippen LogP contribution in [0, 0.1) is 11.7 Å². The van der Waals surface area contributed by atoms with Crippen molar-refractivity contribution in [2.75, 3.05) is 25.5 Å². The van der Waals surface area contributed by atoms with E-state index in [1.165, 1.54) is 18.1 Å². The van der Waals surface area contributed by atoms with Gasteiger partial charge in [0.15, 0.2) is 0 Å². The SMILES string of the molecule is COC(=O)c1ccc(F)cc1NC(=O)N1CCC(C(=O)O)CC1. The van der Waals surface area contributed by atoms with Gasteiger partial charge >= 0.3 is 18.0 Å². The Bertz CT molecular complexity index is 626. The number of benzene rings is 1. The zero-order valence-corrected chi connectivity index (χ0v) is 12.5. The van der Waals surface area contributed by atoms with Crippen LogP contribution < -0.4 is 5.32 Å². The summed E-state index contributed by atoms with van der Waals surface area (Å²) < 4.78 is 18.0. The molecule has 1 saturated heterocycles. The van der Waals surface area contributed by atoms with Crippen molar-refractivity contribution in [1.29, 1.82) is 0 Å². The van der Waals surface area contributed by atoms with Crippen molar-refractivity contribution >= 4 is 23.7 Å². The van der Waals surface area contributed by atoms with Crippen molar-refractivity contribution in [3.05, 3.63) is 29.6 Å². The van der Waals surface area contributed by atoms with Gasteiger partial charge in [0.1, 0.15) is 5.82 Å². The van der Waals surface area contributed by atoms with Gasteiger partial charge in [-0.05, 0) is 31.0 Å². The van der Waals surface area contributed by atoms with Gasteiger partial charge in [-0.15, -0.1) is 0 Å². The molecule has 1 heterocycles. The zero-order valence-electron chi connectivity index (χ0n) is 12.5. The highest BCUT2D eigenvalue weighted by molar-refractivity contribution is 6.00. The smallest absolute Gasteiger partial charge is 0.339 e. The molecule has 0 saturated carbocycles. The Balaban J connectivity index is 2.07. The molecule has 0 bridgehead atoms. The first-order valence-corrected chi connectivity index (χ1v) is 7.09. The fourth-order valence-corrected chi connectivity index (χ4v) is 2.43. The fourth-order valence-electron chi connectivity index (χ4n) is 2.43. The number of methoxy groups -OCH3 is 1. The van der Waals surface area contributed by atoms with E-state index in [4.69, 9.17) is 5.11 Å². The lowest BCUT2D eigenvalue weighted by molar-refractivity contribution is -0.143. The molecule has 7 nitrogen and oxygen atoms in total. The molecule has 23 heavy (non-hydrogen) atoms. The summed E-state index contributed by atoms with van der Waals surface area (Å²) in [5, 5.41) is 11.4. The average molecular weight is 324 g/mol. The third-order valence-electron chi connectivity index (χ3n) is 3.76. The molecule has 0 radical (unpaired) electrons. The van der Waals surface area contributed by atoms with Gasteiger partial charge in [0.05, 0.1) is 24.3 Å². The van der Waals surface area contributed by atoms with Crippen molar-refractivity contribution < 1.29 is 28.6 Å². The molecule has 1 fully saturated rings. The molecule has 124 valence electrons. The summed E-state index contributed by atoms with van der Waals surface area (Å²) in [5.41, 5.74) is 0.0601. The standard InChI is InChI=1S/C15H17FN2O5/c1-23-14(21)11-3-2-10(16)8-12(11)17-15(22)18-6-4-9(5-7-18)13(19)20/h2-3,8-9H,4-7H2,1H3,(H,17,22)(H,19,20). The molecule has 0 atom stereocenters. The van der Waals surface area contributed by atoms with Gasteiger partial charge in [0.2, 0.25) is 0 Å². The molecule has 1 aromatic rings. The number of carbonyl (C=O) groups is 3. The van der Waals surface area contributed by atoms with E-state index < -0.39 is 29.7 Å². The number of hydrogen-bond donors (Lipinski definition) is 2. The number of carboxylic acids is 1. The van der Waals surface area contributed by atoms with Gasteiger partial charge < -0.3 is 20.1 Å². The minimum atomic E-state index is -0.872. The zero-order chi connectivity index (χ0) is 17.0. The van der Waals surface area contributed by atoms with Crippen LogP contribution in [-0.2, 0) is 9.53 Å². The van der Waals surface area contributed by atoms with Gasteiger partial charge in [-0.1, -0.05) is 0 Å². The van der Waals surface area contributed by atoms with Gasteiger partial charge in [0.25, 0.3) is 0 Å². The summed E-state index contributed by atoms with van der Waals surface area (Å²) in [5.74, 6) is -2.62. The van der Waals surface area contributed by atoms with Crippen LogP contribution in [0.3, 0.4) is 0 Å². The van der Waals surface area contributed by atoms with Crippen molar-refractivity contribution in [2.45, 2.75) is 12.8 Å². The Kier molecular flexibility index (Phi) is 5.15. The second-order valence-electron chi connectivity index (χ2n) is 5.21. The molecule has 8 heteroatoms. The van der Waals surface area contributed by atoms with E-state index >= 15 is 0 Å². The summed E-state index contributed by atoms with van der Waals surface area (Å²) in [7, 11) is 1.19. The second-order valence-corrected chi connectivity index (χ2v) is 5.21. The maximum atomic E-state index is 13.4. The van der Waals surface area contributed by atoms with Crippen LogP contribution in [0.4, 0.5) is 14.9 Å². The molecular weight excluding hydrogens is 307 g/mol. The summed E-state index contributed by atoms with van der Waals surface area (Å²) in [4.78, 5) is 36.2. The summed E-state index contributed by atoms with van der Waals surface area (Å²) >= 11 is 0. The number of aliphatic carboxylic acids is 1. The topological polar surface area (TPSA) is 95.9 Å². The van der Waals surface area contributed by atoms with Gasteiger partial charge in [0, 0.05) is 13.1 Å². The largest absolute Gasteiger partial charge is 0.481 e. The van der Waals surface area contributed by atoms with Gasteiger partial charge in [-0.25, -0.2) is 14.0 Å². The predicted molar refractivity (Wildman–Crippen MR) is 78.7 cm³/mol. The van der Waals surface area contributed by atoms with Gasteiger partial charge in [-0.2, -0.15) is 0 Å². The quantitative estimate of drug-likeness (QED) is 0.828. The molecule has 1 aromatic carbocycles. The Labute approximate surface area is 132 Å². The molecule has 0 unspecified atom stereocenters. The molecular formula is C15H17FN2O5. The van der Waals surface area contributed by atoms with E-state index in [0.29, 0.717) is 12.8 Å². The van der Waals surface area contributed by atoms with Crippen LogP contribution in [0.1, 0.15) is 23.2 Å². The van der Waals surface area contributed by atoms with E-state index in [2.05, 4.69) is 10.1 Å². The number of rotatable bonds is 3. The lowest BCUT2D eigenvalue weighted by Gasteiger charge is -2.30. The Morgan fingerprint density at radius 1 is 1.30 bits per heavy atom. The second kappa shape index (κ2) is 7.08. The number of likely N-dealkylation sites (tertiary alicyclic amines) is 1. The minimum absolute atomic E-state index is 0.0159. The highest BCUT2D eigenvalue weighted by Gasteiger charge is 2.27. The highest BCUT2D eigenvalue weighted by Crippen LogP contribution is 2.21. The van der Waals surface area contributed by atoms with E-state index in [-0.39, 0.29) is 24.3 Å². The van der Waals surface area contributed by atoms with E-state index in [0.717, 1.165) is 12.1 Å². The fraction of sp³-hybridized carbons (Fsp3) is 0.400. The molecule has 0 aliphatic carbocycles. The lowest BCUT2D eigenvalue weighted by Crippen LogP contribution is -2.42. The van der Waals surface area contributed by atoms with Crippen molar-refractivity contribution in [1.82, 2.24) is 4.90 Å². The maximum absolute atomic E-state index is 13.4. The first-order valence-electron chi connectivity index (χ1n) is 7.09. The van der Waals surface area contributed by atoms with Crippen LogP contribution >= 0.6 is 0 Å². The number of hydrogen-bond acceptors (Lipinski definition) is 4. The average Bonchev–Trinajstić information content (AvgIpc) is 2.54. The first-order chi connectivity index (χ1) is 10.9. The number of halogens is 1. The number of carbonyl (C=O) groups excluding carboxylic acids is 2. The first kappa shape index (κ1) is 16.7. The molecule has 2 N–H and O–H groups in total. The molecule has 1 aliphatic heterocycles. The summed E-state index contributed by atoms with van der Waals surface area (Å²) in [6, 6.07) is 2.85. The molecule has 2 rings (SSSR count). The van der Waals surface area contributed by atoms with Crippen LogP contribution in [-0.4, -0.2) is 48.2 Å². The van der Waals surface area contributed by atoms with Crippen molar-refractivity contribution in [2.24, 2.45) is 5.92 Å². The third-order valence-corrected chi connectivity index (χ3v) is 3.76. The number of anilines is 1.